The van der Waals surface area contributed by atoms with Crippen LogP contribution in [0.1, 0.15) is 58.8 Å². The number of rotatable bonds is 6. The third kappa shape index (κ3) is 4.66. The van der Waals surface area contributed by atoms with Crippen LogP contribution in [0.3, 0.4) is 0 Å². The maximum atomic E-state index is 12.0. The Morgan fingerprint density at radius 2 is 2.00 bits per heavy atom. The van der Waals surface area contributed by atoms with Crippen molar-refractivity contribution in [2.75, 3.05) is 6.54 Å². The summed E-state index contributed by atoms with van der Waals surface area (Å²) in [6, 6.07) is 0.314. The van der Waals surface area contributed by atoms with Gasteiger partial charge in [0.2, 0.25) is 5.91 Å². The first-order valence-electron chi connectivity index (χ1n) is 7.19. The Kier molecular flexibility index (Phi) is 6.56. The maximum absolute atomic E-state index is 12.0. The molecular weight excluding hydrogens is 212 g/mol. The van der Waals surface area contributed by atoms with Gasteiger partial charge in [0, 0.05) is 12.6 Å². The molecule has 0 aliphatic heterocycles. The molecule has 3 nitrogen and oxygen atoms in total. The lowest BCUT2D eigenvalue weighted by atomic mass is 9.84. The van der Waals surface area contributed by atoms with Gasteiger partial charge in [-0.1, -0.05) is 32.6 Å². The molecule has 100 valence electrons. The third-order valence-electron chi connectivity index (χ3n) is 4.02. The second-order valence-corrected chi connectivity index (χ2v) is 5.42. The Hall–Kier alpha value is -0.570. The Morgan fingerprint density at radius 1 is 1.35 bits per heavy atom. The van der Waals surface area contributed by atoms with Crippen molar-refractivity contribution in [1.29, 1.82) is 0 Å². The lowest BCUT2D eigenvalue weighted by Gasteiger charge is -2.29. The van der Waals surface area contributed by atoms with E-state index in [1.165, 1.54) is 32.1 Å². The van der Waals surface area contributed by atoms with Crippen molar-refractivity contribution in [2.45, 2.75) is 64.8 Å². The van der Waals surface area contributed by atoms with E-state index in [-0.39, 0.29) is 11.8 Å². The number of hydrogen-bond acceptors (Lipinski definition) is 2. The molecule has 0 aromatic carbocycles. The summed E-state index contributed by atoms with van der Waals surface area (Å²) in [5.41, 5.74) is 5.65. The Labute approximate surface area is 106 Å². The van der Waals surface area contributed by atoms with Gasteiger partial charge < -0.3 is 11.1 Å². The number of hydrogen-bond donors (Lipinski definition) is 2. The summed E-state index contributed by atoms with van der Waals surface area (Å²) in [4.78, 5) is 12.0. The van der Waals surface area contributed by atoms with Gasteiger partial charge in [-0.25, -0.2) is 0 Å². The van der Waals surface area contributed by atoms with E-state index in [0.29, 0.717) is 18.5 Å². The largest absolute Gasteiger partial charge is 0.353 e. The molecule has 1 fully saturated rings. The molecule has 0 heterocycles. The molecule has 1 saturated carbocycles. The SMILES string of the molecule is CCCC(CN)C(=O)N[C@@H](C)C1CCCCC1. The highest BCUT2D eigenvalue weighted by atomic mass is 16.1. The van der Waals surface area contributed by atoms with Gasteiger partial charge in [0.15, 0.2) is 0 Å². The van der Waals surface area contributed by atoms with Crippen molar-refractivity contribution in [3.8, 4) is 0 Å². The Bertz CT molecular complexity index is 224. The van der Waals surface area contributed by atoms with E-state index < -0.39 is 0 Å². The van der Waals surface area contributed by atoms with Crippen LogP contribution in [0.15, 0.2) is 0 Å². The van der Waals surface area contributed by atoms with Crippen molar-refractivity contribution in [2.24, 2.45) is 17.6 Å². The fourth-order valence-corrected chi connectivity index (χ4v) is 2.80. The second kappa shape index (κ2) is 7.70. The van der Waals surface area contributed by atoms with Gasteiger partial charge in [0.25, 0.3) is 0 Å². The molecule has 1 aliphatic carbocycles. The van der Waals surface area contributed by atoms with Crippen LogP contribution < -0.4 is 11.1 Å². The van der Waals surface area contributed by atoms with Crippen LogP contribution in [0.5, 0.6) is 0 Å². The molecule has 17 heavy (non-hydrogen) atoms. The zero-order chi connectivity index (χ0) is 12.7. The zero-order valence-electron chi connectivity index (χ0n) is 11.4. The van der Waals surface area contributed by atoms with Gasteiger partial charge in [-0.2, -0.15) is 0 Å². The minimum Gasteiger partial charge on any atom is -0.353 e. The Morgan fingerprint density at radius 3 is 2.53 bits per heavy atom. The van der Waals surface area contributed by atoms with Crippen LogP contribution >= 0.6 is 0 Å². The van der Waals surface area contributed by atoms with Crippen LogP contribution in [0.4, 0.5) is 0 Å². The van der Waals surface area contributed by atoms with Gasteiger partial charge in [-0.3, -0.25) is 4.79 Å². The normalized spacial score (nSPS) is 20.9. The molecule has 1 unspecified atom stereocenters. The Balaban J connectivity index is 2.37. The molecule has 0 aromatic rings. The summed E-state index contributed by atoms with van der Waals surface area (Å²) in [5, 5.41) is 3.17. The summed E-state index contributed by atoms with van der Waals surface area (Å²) in [6.45, 7) is 4.71. The van der Waals surface area contributed by atoms with Crippen LogP contribution in [0.25, 0.3) is 0 Å². The molecule has 0 aromatic heterocycles. The highest BCUT2D eigenvalue weighted by Crippen LogP contribution is 2.26. The second-order valence-electron chi connectivity index (χ2n) is 5.42. The van der Waals surface area contributed by atoms with E-state index in [1.807, 2.05) is 0 Å². The molecule has 1 rings (SSSR count). The van der Waals surface area contributed by atoms with Crippen molar-refractivity contribution in [3.63, 3.8) is 0 Å². The average Bonchev–Trinajstić information content (AvgIpc) is 2.36. The first-order valence-corrected chi connectivity index (χ1v) is 7.19. The van der Waals surface area contributed by atoms with Crippen LogP contribution in [0.2, 0.25) is 0 Å². The molecule has 0 saturated heterocycles. The van der Waals surface area contributed by atoms with E-state index in [1.54, 1.807) is 0 Å². The lowest BCUT2D eigenvalue weighted by molar-refractivity contribution is -0.126. The topological polar surface area (TPSA) is 55.1 Å². The minimum absolute atomic E-state index is 0.00559. The van der Waals surface area contributed by atoms with Crippen molar-refractivity contribution in [1.82, 2.24) is 5.32 Å². The summed E-state index contributed by atoms with van der Waals surface area (Å²) in [5.74, 6) is 0.839. The summed E-state index contributed by atoms with van der Waals surface area (Å²) < 4.78 is 0. The summed E-state index contributed by atoms with van der Waals surface area (Å²) >= 11 is 0. The molecule has 0 radical (unpaired) electrons. The highest BCUT2D eigenvalue weighted by Gasteiger charge is 2.24. The van der Waals surface area contributed by atoms with E-state index in [4.69, 9.17) is 5.73 Å². The fraction of sp³-hybridized carbons (Fsp3) is 0.929. The smallest absolute Gasteiger partial charge is 0.224 e. The monoisotopic (exact) mass is 240 g/mol. The van der Waals surface area contributed by atoms with Gasteiger partial charge in [-0.15, -0.1) is 0 Å². The maximum Gasteiger partial charge on any atom is 0.224 e. The number of amides is 1. The molecular formula is C14H28N2O. The standard InChI is InChI=1S/C14H28N2O/c1-3-7-13(10-15)14(17)16-11(2)12-8-5-4-6-9-12/h11-13H,3-10,15H2,1-2H3,(H,16,17)/t11-,13?/m0/s1. The lowest BCUT2D eigenvalue weighted by Crippen LogP contribution is -2.43. The fourth-order valence-electron chi connectivity index (χ4n) is 2.80. The quantitative estimate of drug-likeness (QED) is 0.749. The first-order chi connectivity index (χ1) is 8.19. The molecule has 3 heteroatoms. The van der Waals surface area contributed by atoms with E-state index in [9.17, 15) is 4.79 Å². The van der Waals surface area contributed by atoms with Gasteiger partial charge in [0.05, 0.1) is 5.92 Å². The van der Waals surface area contributed by atoms with Crippen LogP contribution in [-0.4, -0.2) is 18.5 Å². The minimum atomic E-state index is 0.00559. The predicted octanol–water partition coefficient (Wildman–Crippen LogP) is 2.45. The van der Waals surface area contributed by atoms with Crippen molar-refractivity contribution >= 4 is 5.91 Å². The third-order valence-corrected chi connectivity index (χ3v) is 4.02. The summed E-state index contributed by atoms with van der Waals surface area (Å²) in [6.07, 6.45) is 8.45. The van der Waals surface area contributed by atoms with Crippen molar-refractivity contribution < 1.29 is 4.79 Å². The molecule has 1 amide bonds. The van der Waals surface area contributed by atoms with Crippen LogP contribution in [-0.2, 0) is 4.79 Å². The molecule has 2 atom stereocenters. The van der Waals surface area contributed by atoms with Gasteiger partial charge in [0.1, 0.15) is 0 Å². The molecule has 3 N–H and O–H groups in total. The highest BCUT2D eigenvalue weighted by molar-refractivity contribution is 5.79. The zero-order valence-corrected chi connectivity index (χ0v) is 11.4. The van der Waals surface area contributed by atoms with Gasteiger partial charge in [-0.05, 0) is 32.1 Å². The van der Waals surface area contributed by atoms with Gasteiger partial charge >= 0.3 is 0 Å². The number of nitrogens with two attached hydrogens (primary N) is 1. The molecule has 0 bridgehead atoms. The molecule has 0 spiro atoms. The van der Waals surface area contributed by atoms with Crippen molar-refractivity contribution in [3.05, 3.63) is 0 Å². The van der Waals surface area contributed by atoms with E-state index in [0.717, 1.165) is 12.8 Å². The van der Waals surface area contributed by atoms with Crippen LogP contribution in [0, 0.1) is 11.8 Å². The first kappa shape index (κ1) is 14.5. The summed E-state index contributed by atoms with van der Waals surface area (Å²) in [7, 11) is 0. The predicted molar refractivity (Wildman–Crippen MR) is 71.6 cm³/mol. The number of carbonyl (C=O) groups excluding carboxylic acids is 1. The number of carbonyl (C=O) groups is 1. The average molecular weight is 240 g/mol. The van der Waals surface area contributed by atoms with E-state index >= 15 is 0 Å². The molecule has 1 aliphatic rings. The number of nitrogens with one attached hydrogen (secondary N) is 1. The van der Waals surface area contributed by atoms with E-state index in [2.05, 4.69) is 19.2 Å².